The Morgan fingerprint density at radius 2 is 1.64 bits per heavy atom. The minimum absolute atomic E-state index is 0.0164. The molecule has 1 unspecified atom stereocenters. The predicted molar refractivity (Wildman–Crippen MR) is 121 cm³/mol. The van der Waals surface area contributed by atoms with Gasteiger partial charge in [0.25, 0.3) is 0 Å². The second-order valence-corrected chi connectivity index (χ2v) is 8.29. The quantitative estimate of drug-likeness (QED) is 0.602. The van der Waals surface area contributed by atoms with Crippen molar-refractivity contribution in [3.63, 3.8) is 0 Å². The predicted octanol–water partition coefficient (Wildman–Crippen LogP) is 2.46. The number of hydrogen-bond acceptors (Lipinski definition) is 6. The average molecular weight is 452 g/mol. The smallest absolute Gasteiger partial charge is 0.410 e. The van der Waals surface area contributed by atoms with Gasteiger partial charge in [0.1, 0.15) is 19.8 Å². The van der Waals surface area contributed by atoms with Crippen LogP contribution in [0.15, 0.2) is 60.7 Å². The Hall–Kier alpha value is -3.39. The maximum absolute atomic E-state index is 13.0. The lowest BCUT2D eigenvalue weighted by Crippen LogP contribution is -2.43. The molecule has 2 fully saturated rings. The minimum atomic E-state index is -0.463. The van der Waals surface area contributed by atoms with Crippen molar-refractivity contribution in [2.24, 2.45) is 0 Å². The summed E-state index contributed by atoms with van der Waals surface area (Å²) in [4.78, 5) is 42.8. The highest BCUT2D eigenvalue weighted by Gasteiger charge is 2.36. The Morgan fingerprint density at radius 1 is 0.909 bits per heavy atom. The molecular weight excluding hydrogens is 422 g/mol. The van der Waals surface area contributed by atoms with Crippen molar-refractivity contribution in [3.8, 4) is 0 Å². The molecule has 2 aliphatic rings. The third kappa shape index (κ3) is 6.10. The number of nitrogens with zero attached hydrogens (tertiary/aromatic N) is 3. The van der Waals surface area contributed by atoms with Crippen molar-refractivity contribution in [1.29, 1.82) is 0 Å². The highest BCUT2D eigenvalue weighted by Crippen LogP contribution is 2.27. The zero-order valence-corrected chi connectivity index (χ0v) is 18.6. The fourth-order valence-electron chi connectivity index (χ4n) is 4.17. The first-order valence-electron chi connectivity index (χ1n) is 11.3. The third-order valence-corrected chi connectivity index (χ3v) is 6.00. The van der Waals surface area contributed by atoms with Crippen LogP contribution in [0.2, 0.25) is 0 Å². The number of carbonyl (C=O) groups is 3. The summed E-state index contributed by atoms with van der Waals surface area (Å²) in [6.07, 6.45) is 0.291. The molecule has 2 amide bonds. The average Bonchev–Trinajstić information content (AvgIpc) is 3.04. The fraction of sp³-hybridized carbons (Fsp3) is 0.400. The molecule has 0 saturated carbocycles. The van der Waals surface area contributed by atoms with E-state index in [0.29, 0.717) is 26.2 Å². The lowest BCUT2D eigenvalue weighted by molar-refractivity contribution is -0.146. The lowest BCUT2D eigenvalue weighted by Gasteiger charge is -2.26. The second-order valence-electron chi connectivity index (χ2n) is 8.29. The van der Waals surface area contributed by atoms with Crippen molar-refractivity contribution in [1.82, 2.24) is 14.7 Å². The summed E-state index contributed by atoms with van der Waals surface area (Å²) >= 11 is 0. The molecule has 2 aliphatic heterocycles. The molecule has 0 aromatic heterocycles. The van der Waals surface area contributed by atoms with Crippen LogP contribution in [0.25, 0.3) is 0 Å². The summed E-state index contributed by atoms with van der Waals surface area (Å²) in [6.45, 7) is 3.07. The summed E-state index contributed by atoms with van der Waals surface area (Å²) in [5.74, 6) is -0.382. The highest BCUT2D eigenvalue weighted by molar-refractivity contribution is 5.83. The van der Waals surface area contributed by atoms with Crippen LogP contribution in [-0.2, 0) is 25.7 Å². The van der Waals surface area contributed by atoms with Gasteiger partial charge in [-0.05, 0) is 17.5 Å². The topological polar surface area (TPSA) is 79.4 Å². The van der Waals surface area contributed by atoms with Gasteiger partial charge in [0.15, 0.2) is 0 Å². The number of amides is 2. The standard InChI is InChI=1S/C25H29N3O5/c29-23(16-28-22(19-33-25(28)31)21-10-5-2-6-11-21)27-13-7-12-26(14-15-27)17-24(30)32-18-20-8-3-1-4-9-20/h1-6,8-11,22H,7,12-19H2. The summed E-state index contributed by atoms with van der Waals surface area (Å²) < 4.78 is 10.6. The van der Waals surface area contributed by atoms with Gasteiger partial charge in [0, 0.05) is 26.2 Å². The molecule has 2 heterocycles. The molecule has 1 atom stereocenters. The second kappa shape index (κ2) is 11.0. The molecule has 0 aliphatic carbocycles. The van der Waals surface area contributed by atoms with Gasteiger partial charge in [-0.25, -0.2) is 4.79 Å². The maximum atomic E-state index is 13.0. The molecule has 0 N–H and O–H groups in total. The number of rotatable bonds is 7. The molecule has 0 bridgehead atoms. The number of benzene rings is 2. The van der Waals surface area contributed by atoms with Crippen LogP contribution in [0, 0.1) is 0 Å². The number of cyclic esters (lactones) is 1. The molecule has 4 rings (SSSR count). The Morgan fingerprint density at radius 3 is 2.39 bits per heavy atom. The lowest BCUT2D eigenvalue weighted by atomic mass is 10.1. The molecular formula is C25H29N3O5. The van der Waals surface area contributed by atoms with Crippen molar-refractivity contribution in [2.45, 2.75) is 19.1 Å². The van der Waals surface area contributed by atoms with E-state index in [0.717, 1.165) is 17.5 Å². The van der Waals surface area contributed by atoms with E-state index in [1.807, 2.05) is 65.6 Å². The van der Waals surface area contributed by atoms with Gasteiger partial charge in [-0.15, -0.1) is 0 Å². The molecule has 0 radical (unpaired) electrons. The van der Waals surface area contributed by atoms with Crippen LogP contribution in [0.3, 0.4) is 0 Å². The minimum Gasteiger partial charge on any atom is -0.460 e. The van der Waals surface area contributed by atoms with Gasteiger partial charge in [-0.1, -0.05) is 60.7 Å². The molecule has 33 heavy (non-hydrogen) atoms. The SMILES string of the molecule is O=C(CN1CCCN(C(=O)CN2C(=O)OCC2c2ccccc2)CC1)OCc1ccccc1. The Kier molecular flexibility index (Phi) is 7.57. The Balaban J connectivity index is 1.26. The number of esters is 1. The van der Waals surface area contributed by atoms with Crippen LogP contribution in [-0.4, -0.2) is 78.5 Å². The van der Waals surface area contributed by atoms with Gasteiger partial charge in [-0.3, -0.25) is 19.4 Å². The molecule has 174 valence electrons. The van der Waals surface area contributed by atoms with Crippen LogP contribution < -0.4 is 0 Å². The van der Waals surface area contributed by atoms with Gasteiger partial charge in [-0.2, -0.15) is 0 Å². The van der Waals surface area contributed by atoms with Crippen molar-refractivity contribution >= 4 is 18.0 Å². The summed E-state index contributed by atoms with van der Waals surface area (Å²) in [5.41, 5.74) is 1.90. The van der Waals surface area contributed by atoms with E-state index in [4.69, 9.17) is 9.47 Å². The maximum Gasteiger partial charge on any atom is 0.410 e. The molecule has 8 nitrogen and oxygen atoms in total. The number of ether oxygens (including phenoxy) is 2. The summed E-state index contributed by atoms with van der Waals surface area (Å²) in [6, 6.07) is 18.9. The van der Waals surface area contributed by atoms with E-state index in [1.165, 1.54) is 4.90 Å². The number of hydrogen-bond donors (Lipinski definition) is 0. The van der Waals surface area contributed by atoms with Gasteiger partial charge >= 0.3 is 12.1 Å². The van der Waals surface area contributed by atoms with Crippen LogP contribution in [0.1, 0.15) is 23.6 Å². The molecule has 8 heteroatoms. The summed E-state index contributed by atoms with van der Waals surface area (Å²) in [7, 11) is 0. The Labute approximate surface area is 193 Å². The zero-order chi connectivity index (χ0) is 23.0. The van der Waals surface area contributed by atoms with Crippen molar-refractivity contribution in [3.05, 3.63) is 71.8 Å². The molecule has 0 spiro atoms. The highest BCUT2D eigenvalue weighted by atomic mass is 16.6. The molecule has 2 saturated heterocycles. The first kappa shape index (κ1) is 22.8. The van der Waals surface area contributed by atoms with Crippen molar-refractivity contribution in [2.75, 3.05) is 45.9 Å². The first-order valence-corrected chi connectivity index (χ1v) is 11.3. The van der Waals surface area contributed by atoms with Gasteiger partial charge in [0.05, 0.1) is 12.6 Å². The van der Waals surface area contributed by atoms with E-state index < -0.39 is 6.09 Å². The van der Waals surface area contributed by atoms with E-state index in [9.17, 15) is 14.4 Å². The van der Waals surface area contributed by atoms with Crippen LogP contribution in [0.5, 0.6) is 0 Å². The zero-order valence-electron chi connectivity index (χ0n) is 18.6. The van der Waals surface area contributed by atoms with E-state index in [2.05, 4.69) is 0 Å². The van der Waals surface area contributed by atoms with E-state index >= 15 is 0 Å². The normalized spacial score (nSPS) is 19.2. The van der Waals surface area contributed by atoms with E-state index in [1.54, 1.807) is 4.90 Å². The van der Waals surface area contributed by atoms with E-state index in [-0.39, 0.29) is 44.2 Å². The molecule has 2 aromatic carbocycles. The third-order valence-electron chi connectivity index (χ3n) is 6.00. The molecule has 2 aromatic rings. The van der Waals surface area contributed by atoms with Crippen LogP contribution in [0.4, 0.5) is 4.79 Å². The Bertz CT molecular complexity index is 953. The summed E-state index contributed by atoms with van der Waals surface area (Å²) in [5, 5.41) is 0. The number of carbonyl (C=O) groups excluding carboxylic acids is 3. The van der Waals surface area contributed by atoms with Crippen molar-refractivity contribution < 1.29 is 23.9 Å². The van der Waals surface area contributed by atoms with Crippen LogP contribution >= 0.6 is 0 Å². The van der Waals surface area contributed by atoms with Gasteiger partial charge < -0.3 is 14.4 Å². The fourth-order valence-corrected chi connectivity index (χ4v) is 4.17. The first-order chi connectivity index (χ1) is 16.1. The monoisotopic (exact) mass is 451 g/mol. The van der Waals surface area contributed by atoms with Gasteiger partial charge in [0.2, 0.25) is 5.91 Å². The largest absolute Gasteiger partial charge is 0.460 e.